The summed E-state index contributed by atoms with van der Waals surface area (Å²) in [6.45, 7) is 7.69. The molecule has 82 valence electrons. The fourth-order valence-corrected chi connectivity index (χ4v) is 1.18. The number of aryl methyl sites for hydroxylation is 1. The Kier molecular flexibility index (Phi) is 4.16. The molecule has 0 saturated carbocycles. The van der Waals surface area contributed by atoms with Gasteiger partial charge in [0.15, 0.2) is 5.76 Å². The van der Waals surface area contributed by atoms with Crippen LogP contribution in [0.3, 0.4) is 0 Å². The Hall–Kier alpha value is -2.22. The van der Waals surface area contributed by atoms with Crippen LogP contribution in [0.25, 0.3) is 16.2 Å². The maximum Gasteiger partial charge on any atom is 0.170 e. The number of ether oxygens (including phenoxy) is 1. The highest BCUT2D eigenvalue weighted by Crippen LogP contribution is 2.22. The van der Waals surface area contributed by atoms with Gasteiger partial charge in [0.1, 0.15) is 0 Å². The third kappa shape index (κ3) is 2.64. The van der Waals surface area contributed by atoms with Crippen LogP contribution in [0.2, 0.25) is 0 Å². The van der Waals surface area contributed by atoms with E-state index in [2.05, 4.69) is 27.3 Å². The van der Waals surface area contributed by atoms with Crippen molar-refractivity contribution in [3.05, 3.63) is 46.3 Å². The number of pyridine rings is 1. The zero-order valence-electron chi connectivity index (χ0n) is 9.27. The zero-order chi connectivity index (χ0) is 12.0. The largest absolute Gasteiger partial charge is 0.486 e. The first kappa shape index (κ1) is 11.9. The minimum atomic E-state index is 0.479. The molecule has 0 bridgehead atoms. The molecule has 0 N–H and O–H groups in total. The van der Waals surface area contributed by atoms with Crippen molar-refractivity contribution in [3.8, 4) is 0 Å². The van der Waals surface area contributed by atoms with Gasteiger partial charge in [0.2, 0.25) is 0 Å². The summed E-state index contributed by atoms with van der Waals surface area (Å²) >= 11 is 0. The number of hydrogen-bond donors (Lipinski definition) is 0. The maximum atomic E-state index is 8.40. The van der Waals surface area contributed by atoms with Gasteiger partial charge in [0, 0.05) is 22.4 Å². The first-order chi connectivity index (χ1) is 7.72. The number of hydrogen-bond acceptors (Lipinski definition) is 3. The minimum Gasteiger partial charge on any atom is -0.486 e. The van der Waals surface area contributed by atoms with Gasteiger partial charge in [-0.05, 0) is 25.4 Å². The average Bonchev–Trinajstić information content (AvgIpc) is 2.29. The lowest BCUT2D eigenvalue weighted by molar-refractivity contribution is 0.298. The van der Waals surface area contributed by atoms with Crippen molar-refractivity contribution < 1.29 is 4.74 Å². The van der Waals surface area contributed by atoms with Crippen LogP contribution >= 0.6 is 0 Å². The molecule has 16 heavy (non-hydrogen) atoms. The number of rotatable bonds is 4. The van der Waals surface area contributed by atoms with Crippen molar-refractivity contribution in [1.29, 1.82) is 0 Å². The van der Waals surface area contributed by atoms with E-state index in [1.807, 2.05) is 6.92 Å². The topological polar surface area (TPSA) is 70.9 Å². The third-order valence-corrected chi connectivity index (χ3v) is 1.92. The normalized spacial score (nSPS) is 8.88. The van der Waals surface area contributed by atoms with Crippen LogP contribution in [0.1, 0.15) is 18.2 Å². The highest BCUT2D eigenvalue weighted by atomic mass is 16.5. The Labute approximate surface area is 93.7 Å². The smallest absolute Gasteiger partial charge is 0.170 e. The zero-order valence-corrected chi connectivity index (χ0v) is 9.27. The summed E-state index contributed by atoms with van der Waals surface area (Å²) in [7, 11) is 0. The van der Waals surface area contributed by atoms with Gasteiger partial charge in [-0.25, -0.2) is 0 Å². The van der Waals surface area contributed by atoms with Crippen LogP contribution in [0.5, 0.6) is 0 Å². The number of aromatic nitrogens is 1. The van der Waals surface area contributed by atoms with Crippen molar-refractivity contribution >= 4 is 11.4 Å². The van der Waals surface area contributed by atoms with Gasteiger partial charge < -0.3 is 4.74 Å². The van der Waals surface area contributed by atoms with Gasteiger partial charge in [-0.15, -0.1) is 0 Å². The van der Waals surface area contributed by atoms with Gasteiger partial charge in [0.25, 0.3) is 0 Å². The lowest BCUT2D eigenvalue weighted by Crippen LogP contribution is -1.92. The Morgan fingerprint density at radius 3 is 3.06 bits per heavy atom. The van der Waals surface area contributed by atoms with E-state index >= 15 is 0 Å². The molecule has 0 unspecified atom stereocenters. The molecule has 1 aromatic rings. The van der Waals surface area contributed by atoms with Crippen LogP contribution in [0, 0.1) is 6.92 Å². The molecule has 0 aliphatic heterocycles. The minimum absolute atomic E-state index is 0.479. The highest BCUT2D eigenvalue weighted by Gasteiger charge is 2.05. The monoisotopic (exact) mass is 216 g/mol. The lowest BCUT2D eigenvalue weighted by atomic mass is 10.2. The quantitative estimate of drug-likeness (QED) is 0.254. The van der Waals surface area contributed by atoms with Gasteiger partial charge in [-0.2, -0.15) is 0 Å². The molecule has 5 heteroatoms. The third-order valence-electron chi connectivity index (χ3n) is 1.92. The van der Waals surface area contributed by atoms with E-state index in [0.29, 0.717) is 29.3 Å². The molecule has 0 aliphatic carbocycles. The molecule has 0 amide bonds. The van der Waals surface area contributed by atoms with Gasteiger partial charge in [-0.3, -0.25) is 4.98 Å². The molecule has 0 saturated heterocycles. The molecule has 5 nitrogen and oxygen atoms in total. The Morgan fingerprint density at radius 1 is 1.75 bits per heavy atom. The van der Waals surface area contributed by atoms with Crippen molar-refractivity contribution in [2.45, 2.75) is 13.8 Å². The van der Waals surface area contributed by atoms with E-state index in [-0.39, 0.29) is 0 Å². The van der Waals surface area contributed by atoms with Crippen LogP contribution in [-0.2, 0) is 4.74 Å². The molecule has 0 aromatic carbocycles. The van der Waals surface area contributed by atoms with Crippen LogP contribution < -0.4 is 0 Å². The number of azide groups is 1. The SMILES string of the molecule is C=C=C(OCC)c1cnc(C)c(N=[N+]=[N-])c1. The molecule has 1 aromatic heterocycles. The lowest BCUT2D eigenvalue weighted by Gasteiger charge is -2.07. The molecular weight excluding hydrogens is 204 g/mol. The average molecular weight is 216 g/mol. The molecule has 0 radical (unpaired) electrons. The second-order valence-corrected chi connectivity index (χ2v) is 2.96. The van der Waals surface area contributed by atoms with E-state index in [0.717, 1.165) is 0 Å². The summed E-state index contributed by atoms with van der Waals surface area (Å²) in [5.41, 5.74) is 12.9. The summed E-state index contributed by atoms with van der Waals surface area (Å²) in [5.74, 6) is 0.504. The van der Waals surface area contributed by atoms with Crippen molar-refractivity contribution in [2.24, 2.45) is 5.11 Å². The van der Waals surface area contributed by atoms with E-state index in [1.54, 1.807) is 19.2 Å². The number of nitrogens with zero attached hydrogens (tertiary/aromatic N) is 4. The van der Waals surface area contributed by atoms with E-state index in [4.69, 9.17) is 10.3 Å². The summed E-state index contributed by atoms with van der Waals surface area (Å²) in [5, 5.41) is 3.54. The van der Waals surface area contributed by atoms with E-state index < -0.39 is 0 Å². The van der Waals surface area contributed by atoms with Crippen LogP contribution in [0.15, 0.2) is 29.7 Å². The predicted octanol–water partition coefficient (Wildman–Crippen LogP) is 3.49. The van der Waals surface area contributed by atoms with Gasteiger partial charge in [-0.1, -0.05) is 17.4 Å². The summed E-state index contributed by atoms with van der Waals surface area (Å²) < 4.78 is 5.32. The van der Waals surface area contributed by atoms with Gasteiger partial charge >= 0.3 is 0 Å². The maximum absolute atomic E-state index is 8.40. The van der Waals surface area contributed by atoms with E-state index in [1.165, 1.54) is 0 Å². The Morgan fingerprint density at radius 2 is 2.50 bits per heavy atom. The van der Waals surface area contributed by atoms with Crippen molar-refractivity contribution in [2.75, 3.05) is 6.61 Å². The predicted molar refractivity (Wildman–Crippen MR) is 62.0 cm³/mol. The summed E-state index contributed by atoms with van der Waals surface area (Å²) in [4.78, 5) is 6.85. The molecule has 0 fully saturated rings. The second kappa shape index (κ2) is 5.61. The molecule has 0 atom stereocenters. The van der Waals surface area contributed by atoms with E-state index in [9.17, 15) is 0 Å². The molecular formula is C11H12N4O. The second-order valence-electron chi connectivity index (χ2n) is 2.96. The standard InChI is InChI=1S/C11H12N4O/c1-4-11(16-5-2)9-6-10(14-15-12)8(3)13-7-9/h6-7H,1,5H2,2-3H3. The first-order valence-corrected chi connectivity index (χ1v) is 4.77. The van der Waals surface area contributed by atoms with Crippen LogP contribution in [0.4, 0.5) is 5.69 Å². The molecule has 0 spiro atoms. The molecule has 1 heterocycles. The van der Waals surface area contributed by atoms with Gasteiger partial charge in [0.05, 0.1) is 12.3 Å². The Bertz CT molecular complexity index is 483. The summed E-state index contributed by atoms with van der Waals surface area (Å²) in [6, 6.07) is 1.70. The van der Waals surface area contributed by atoms with Crippen molar-refractivity contribution in [3.63, 3.8) is 0 Å². The highest BCUT2D eigenvalue weighted by molar-refractivity contribution is 5.62. The Balaban J connectivity index is 3.21. The molecule has 1 rings (SSSR count). The van der Waals surface area contributed by atoms with Crippen molar-refractivity contribution in [1.82, 2.24) is 4.98 Å². The fourth-order valence-electron chi connectivity index (χ4n) is 1.18. The molecule has 0 aliphatic rings. The fraction of sp³-hybridized carbons (Fsp3) is 0.273. The first-order valence-electron chi connectivity index (χ1n) is 4.77. The van der Waals surface area contributed by atoms with Crippen LogP contribution in [-0.4, -0.2) is 11.6 Å². The summed E-state index contributed by atoms with van der Waals surface area (Å²) in [6.07, 6.45) is 1.63.